The second-order valence-electron chi connectivity index (χ2n) is 6.02. The summed E-state index contributed by atoms with van der Waals surface area (Å²) < 4.78 is 6.60. The number of methoxy groups -OCH3 is 1. The Morgan fingerprint density at radius 2 is 2.23 bits per heavy atom. The lowest BCUT2D eigenvalue weighted by Gasteiger charge is -2.25. The quantitative estimate of drug-likeness (QED) is 0.869. The average molecular weight is 318 g/mol. The summed E-state index contributed by atoms with van der Waals surface area (Å²) in [5, 5.41) is 3.03. The number of fused-ring (bicyclic) bond motifs is 1. The van der Waals surface area contributed by atoms with Crippen LogP contribution < -0.4 is 0 Å². The Bertz CT molecular complexity index is 669. The van der Waals surface area contributed by atoms with Gasteiger partial charge in [-0.15, -0.1) is 11.3 Å². The van der Waals surface area contributed by atoms with Crippen LogP contribution in [0.4, 0.5) is 0 Å². The molecule has 118 valence electrons. The molecule has 22 heavy (non-hydrogen) atoms. The predicted octanol–water partition coefficient (Wildman–Crippen LogP) is 2.69. The molecule has 1 aromatic heterocycles. The van der Waals surface area contributed by atoms with Crippen LogP contribution in [0.15, 0.2) is 29.6 Å². The molecule has 2 aromatic rings. The summed E-state index contributed by atoms with van der Waals surface area (Å²) in [4.78, 5) is 16.9. The van der Waals surface area contributed by atoms with Crippen LogP contribution in [0.5, 0.6) is 0 Å². The van der Waals surface area contributed by atoms with E-state index in [1.54, 1.807) is 18.4 Å². The van der Waals surface area contributed by atoms with E-state index < -0.39 is 0 Å². The van der Waals surface area contributed by atoms with Crippen LogP contribution in [0.25, 0.3) is 10.1 Å². The van der Waals surface area contributed by atoms with Gasteiger partial charge in [0.25, 0.3) is 5.91 Å². The van der Waals surface area contributed by atoms with Crippen molar-refractivity contribution < 1.29 is 9.53 Å². The molecule has 0 bridgehead atoms. The topological polar surface area (TPSA) is 32.8 Å². The minimum Gasteiger partial charge on any atom is -0.380 e. The van der Waals surface area contributed by atoms with E-state index >= 15 is 0 Å². The van der Waals surface area contributed by atoms with Crippen LogP contribution in [0.1, 0.15) is 16.8 Å². The van der Waals surface area contributed by atoms with E-state index in [1.165, 1.54) is 0 Å². The van der Waals surface area contributed by atoms with Gasteiger partial charge in [0.05, 0.1) is 11.7 Å². The van der Waals surface area contributed by atoms with Crippen LogP contribution in [-0.2, 0) is 4.74 Å². The highest BCUT2D eigenvalue weighted by Gasteiger charge is 2.31. The number of carbonyl (C=O) groups is 1. The number of hydrogen-bond donors (Lipinski definition) is 0. The molecule has 1 aromatic carbocycles. The van der Waals surface area contributed by atoms with Crippen LogP contribution in [0.3, 0.4) is 0 Å². The zero-order chi connectivity index (χ0) is 15.7. The number of nitrogens with zero attached hydrogens (tertiary/aromatic N) is 2. The second kappa shape index (κ2) is 6.36. The van der Waals surface area contributed by atoms with E-state index in [1.807, 2.05) is 35.5 Å². The van der Waals surface area contributed by atoms with Crippen LogP contribution in [0, 0.1) is 0 Å². The smallest absolute Gasteiger partial charge is 0.255 e. The Morgan fingerprint density at radius 3 is 2.95 bits per heavy atom. The van der Waals surface area contributed by atoms with Gasteiger partial charge in [-0.3, -0.25) is 9.69 Å². The van der Waals surface area contributed by atoms with Crippen molar-refractivity contribution >= 4 is 27.3 Å². The molecule has 1 amide bonds. The third-order valence-electron chi connectivity index (χ3n) is 4.53. The normalized spacial score (nSPS) is 22.3. The molecule has 2 atom stereocenters. The van der Waals surface area contributed by atoms with Gasteiger partial charge in [0.15, 0.2) is 0 Å². The zero-order valence-electron chi connectivity index (χ0n) is 13.3. The summed E-state index contributed by atoms with van der Waals surface area (Å²) >= 11 is 1.63. The lowest BCUT2D eigenvalue weighted by Crippen LogP contribution is -2.39. The Balaban J connectivity index is 1.72. The number of ether oxygens (including phenoxy) is 1. The van der Waals surface area contributed by atoms with Gasteiger partial charge in [-0.05, 0) is 19.5 Å². The molecule has 2 heterocycles. The number of rotatable bonds is 4. The van der Waals surface area contributed by atoms with Crippen molar-refractivity contribution in [3.63, 3.8) is 0 Å². The summed E-state index contributed by atoms with van der Waals surface area (Å²) in [5.74, 6) is 0.103. The number of likely N-dealkylation sites (tertiary alicyclic amines) is 1. The number of amides is 1. The van der Waals surface area contributed by atoms with Crippen molar-refractivity contribution in [1.82, 2.24) is 9.80 Å². The third kappa shape index (κ3) is 2.89. The van der Waals surface area contributed by atoms with Gasteiger partial charge in [0.1, 0.15) is 0 Å². The first-order valence-corrected chi connectivity index (χ1v) is 8.43. The van der Waals surface area contributed by atoms with Gasteiger partial charge >= 0.3 is 0 Å². The van der Waals surface area contributed by atoms with Gasteiger partial charge in [-0.1, -0.05) is 18.2 Å². The maximum atomic E-state index is 12.7. The molecule has 0 unspecified atom stereocenters. The molecule has 1 aliphatic rings. The number of likely N-dealkylation sites (N-methyl/N-ethyl adjacent to an activating group) is 2. The second-order valence-corrected chi connectivity index (χ2v) is 6.93. The molecule has 5 heteroatoms. The number of benzene rings is 1. The van der Waals surface area contributed by atoms with Crippen LogP contribution in [-0.4, -0.2) is 62.1 Å². The molecule has 0 saturated carbocycles. The Labute approximate surface area is 135 Å². The molecule has 4 nitrogen and oxygen atoms in total. The summed E-state index contributed by atoms with van der Waals surface area (Å²) in [7, 11) is 5.75. The molecule has 3 rings (SSSR count). The van der Waals surface area contributed by atoms with Gasteiger partial charge in [0.2, 0.25) is 0 Å². The summed E-state index contributed by atoms with van der Waals surface area (Å²) in [5.41, 5.74) is 0.812. The van der Waals surface area contributed by atoms with E-state index in [2.05, 4.69) is 18.0 Å². The van der Waals surface area contributed by atoms with Crippen molar-refractivity contribution in [2.75, 3.05) is 34.3 Å². The number of thiophene rings is 1. The molecule has 1 fully saturated rings. The molecule has 1 saturated heterocycles. The van der Waals surface area contributed by atoms with Crippen LogP contribution >= 0.6 is 11.3 Å². The first-order chi connectivity index (χ1) is 10.6. The van der Waals surface area contributed by atoms with Gasteiger partial charge in [0, 0.05) is 48.8 Å². The van der Waals surface area contributed by atoms with Crippen molar-refractivity contribution in [3.05, 3.63) is 35.2 Å². The van der Waals surface area contributed by atoms with Crippen molar-refractivity contribution in [2.45, 2.75) is 18.6 Å². The highest BCUT2D eigenvalue weighted by Crippen LogP contribution is 2.27. The van der Waals surface area contributed by atoms with E-state index in [0.717, 1.165) is 35.2 Å². The third-order valence-corrected chi connectivity index (χ3v) is 5.49. The minimum atomic E-state index is 0.103. The standard InChI is InChI=1S/C17H22N2O2S/c1-18-10-13(21-3)8-12(18)9-19(2)17(20)15-11-22-16-7-5-4-6-14(15)16/h4-7,11-13H,8-10H2,1-3H3/t12-,13-/m0/s1. The maximum Gasteiger partial charge on any atom is 0.255 e. The van der Waals surface area contributed by atoms with E-state index in [4.69, 9.17) is 4.74 Å². The average Bonchev–Trinajstić information content (AvgIpc) is 3.10. The molecule has 1 aliphatic heterocycles. The van der Waals surface area contributed by atoms with Crippen molar-refractivity contribution in [1.29, 1.82) is 0 Å². The first-order valence-electron chi connectivity index (χ1n) is 7.55. The number of carbonyl (C=O) groups excluding carboxylic acids is 1. The lowest BCUT2D eigenvalue weighted by molar-refractivity contribution is 0.0762. The fraction of sp³-hybridized carbons (Fsp3) is 0.471. The summed E-state index contributed by atoms with van der Waals surface area (Å²) in [6, 6.07) is 8.44. The van der Waals surface area contributed by atoms with Crippen molar-refractivity contribution in [3.8, 4) is 0 Å². The fourth-order valence-corrected chi connectivity index (χ4v) is 4.10. The predicted molar refractivity (Wildman–Crippen MR) is 90.6 cm³/mol. The van der Waals surface area contributed by atoms with E-state index in [0.29, 0.717) is 6.04 Å². The largest absolute Gasteiger partial charge is 0.380 e. The monoisotopic (exact) mass is 318 g/mol. The fourth-order valence-electron chi connectivity index (χ4n) is 3.16. The molecule has 0 aliphatic carbocycles. The highest BCUT2D eigenvalue weighted by atomic mass is 32.1. The molecule has 0 N–H and O–H groups in total. The lowest BCUT2D eigenvalue weighted by atomic mass is 10.1. The number of hydrogen-bond acceptors (Lipinski definition) is 4. The SMILES string of the molecule is CO[C@H]1C[C@@H](CN(C)C(=O)c2csc3ccccc23)N(C)C1. The Hall–Kier alpha value is -1.43. The Morgan fingerprint density at radius 1 is 1.45 bits per heavy atom. The maximum absolute atomic E-state index is 12.7. The zero-order valence-corrected chi connectivity index (χ0v) is 14.1. The van der Waals surface area contributed by atoms with Crippen LogP contribution in [0.2, 0.25) is 0 Å². The molecule has 0 radical (unpaired) electrons. The molecular formula is C17H22N2O2S. The summed E-state index contributed by atoms with van der Waals surface area (Å²) in [6.07, 6.45) is 1.26. The minimum absolute atomic E-state index is 0.103. The van der Waals surface area contributed by atoms with Crippen molar-refractivity contribution in [2.24, 2.45) is 0 Å². The molecule has 0 spiro atoms. The van der Waals surface area contributed by atoms with Gasteiger partial charge < -0.3 is 9.64 Å². The van der Waals surface area contributed by atoms with Gasteiger partial charge in [-0.25, -0.2) is 0 Å². The van der Waals surface area contributed by atoms with Gasteiger partial charge in [-0.2, -0.15) is 0 Å². The molecular weight excluding hydrogens is 296 g/mol. The Kier molecular flexibility index (Phi) is 4.47. The van der Waals surface area contributed by atoms with E-state index in [-0.39, 0.29) is 12.0 Å². The van der Waals surface area contributed by atoms with E-state index in [9.17, 15) is 4.79 Å². The summed E-state index contributed by atoms with van der Waals surface area (Å²) in [6.45, 7) is 1.67. The first kappa shape index (κ1) is 15.5. The highest BCUT2D eigenvalue weighted by molar-refractivity contribution is 7.17.